The molecule has 1 N–H and O–H groups in total. The summed E-state index contributed by atoms with van der Waals surface area (Å²) in [7, 11) is -3.04. The van der Waals surface area contributed by atoms with Gasteiger partial charge >= 0.3 is 6.18 Å². The molecule has 0 aromatic heterocycles. The highest BCUT2D eigenvalue weighted by atomic mass is 32.2. The Balaban J connectivity index is 1.91. The van der Waals surface area contributed by atoms with Crippen molar-refractivity contribution < 1.29 is 26.4 Å². The Morgan fingerprint density at radius 3 is 2.33 bits per heavy atom. The van der Waals surface area contributed by atoms with Gasteiger partial charge in [0.15, 0.2) is 9.84 Å². The maximum absolute atomic E-state index is 12.4. The fourth-order valence-corrected chi connectivity index (χ4v) is 4.11. The monoisotopic (exact) mass is 321 g/mol. The van der Waals surface area contributed by atoms with Crippen LogP contribution in [0.3, 0.4) is 0 Å². The molecule has 1 unspecified atom stereocenters. The van der Waals surface area contributed by atoms with Crippen LogP contribution in [0.1, 0.15) is 18.4 Å². The van der Waals surface area contributed by atoms with E-state index in [4.69, 9.17) is 0 Å². The molecule has 0 aliphatic carbocycles. The van der Waals surface area contributed by atoms with Gasteiger partial charge in [0.05, 0.1) is 17.1 Å². The van der Waals surface area contributed by atoms with Crippen LogP contribution in [0.5, 0.6) is 0 Å². The Kier molecular flexibility index (Phi) is 4.27. The zero-order chi connectivity index (χ0) is 15.7. The lowest BCUT2D eigenvalue weighted by Gasteiger charge is -2.10. The highest BCUT2D eigenvalue weighted by molar-refractivity contribution is 7.91. The summed E-state index contributed by atoms with van der Waals surface area (Å²) in [6, 6.07) is 4.11. The second-order valence-electron chi connectivity index (χ2n) is 5.10. The molecule has 1 fully saturated rings. The number of alkyl halides is 3. The highest BCUT2D eigenvalue weighted by Crippen LogP contribution is 2.30. The fourth-order valence-electron chi connectivity index (χ4n) is 2.25. The number of carbonyl (C=O) groups is 1. The summed E-state index contributed by atoms with van der Waals surface area (Å²) in [5.41, 5.74) is -0.531. The molecule has 116 valence electrons. The van der Waals surface area contributed by atoms with Gasteiger partial charge in [-0.1, -0.05) is 0 Å². The molecule has 0 bridgehead atoms. The van der Waals surface area contributed by atoms with Crippen molar-refractivity contribution in [2.75, 3.05) is 16.8 Å². The van der Waals surface area contributed by atoms with E-state index in [1.165, 1.54) is 12.1 Å². The largest absolute Gasteiger partial charge is 0.416 e. The van der Waals surface area contributed by atoms with Crippen molar-refractivity contribution in [1.29, 1.82) is 0 Å². The Hall–Kier alpha value is -1.57. The molecule has 0 saturated carbocycles. The minimum absolute atomic E-state index is 0.00652. The van der Waals surface area contributed by atoms with Crippen LogP contribution in [0, 0.1) is 5.92 Å². The van der Waals surface area contributed by atoms with Gasteiger partial charge in [0.1, 0.15) is 0 Å². The maximum atomic E-state index is 12.4. The van der Waals surface area contributed by atoms with Gasteiger partial charge in [-0.25, -0.2) is 8.42 Å². The Bertz CT molecular complexity index is 623. The lowest BCUT2D eigenvalue weighted by atomic mass is 10.0. The first-order valence-corrected chi connectivity index (χ1v) is 8.15. The van der Waals surface area contributed by atoms with Gasteiger partial charge in [-0.2, -0.15) is 13.2 Å². The number of sulfone groups is 1. The van der Waals surface area contributed by atoms with Crippen molar-refractivity contribution in [1.82, 2.24) is 0 Å². The van der Waals surface area contributed by atoms with Gasteiger partial charge in [-0.15, -0.1) is 0 Å². The molecule has 1 atom stereocenters. The zero-order valence-electron chi connectivity index (χ0n) is 11.0. The first-order valence-electron chi connectivity index (χ1n) is 6.33. The normalized spacial score (nSPS) is 21.2. The van der Waals surface area contributed by atoms with E-state index in [0.29, 0.717) is 6.42 Å². The predicted octanol–water partition coefficient (Wildman–Crippen LogP) is 2.47. The van der Waals surface area contributed by atoms with Crippen LogP contribution in [0.25, 0.3) is 0 Å². The number of hydrogen-bond donors (Lipinski definition) is 1. The minimum atomic E-state index is -4.42. The summed E-state index contributed by atoms with van der Waals surface area (Å²) in [6.07, 6.45) is -3.91. The number of benzene rings is 1. The summed E-state index contributed by atoms with van der Waals surface area (Å²) in [4.78, 5) is 11.7. The van der Waals surface area contributed by atoms with Gasteiger partial charge in [-0.3, -0.25) is 4.79 Å². The van der Waals surface area contributed by atoms with E-state index in [1.807, 2.05) is 0 Å². The van der Waals surface area contributed by atoms with Crippen molar-refractivity contribution in [2.45, 2.75) is 19.0 Å². The lowest BCUT2D eigenvalue weighted by Crippen LogP contribution is -2.17. The number of halogens is 3. The summed E-state index contributed by atoms with van der Waals surface area (Å²) >= 11 is 0. The molecule has 0 radical (unpaired) electrons. The molecule has 21 heavy (non-hydrogen) atoms. The first kappa shape index (κ1) is 15.8. The molecule has 0 spiro atoms. The van der Waals surface area contributed by atoms with Crippen LogP contribution in [0.2, 0.25) is 0 Å². The minimum Gasteiger partial charge on any atom is -0.326 e. The number of rotatable bonds is 3. The van der Waals surface area contributed by atoms with Crippen LogP contribution in [-0.2, 0) is 20.8 Å². The smallest absolute Gasteiger partial charge is 0.326 e. The summed E-state index contributed by atoms with van der Waals surface area (Å²) in [5.74, 6) is -0.528. The molecule has 1 aromatic carbocycles. The highest BCUT2D eigenvalue weighted by Gasteiger charge is 2.31. The topological polar surface area (TPSA) is 63.2 Å². The van der Waals surface area contributed by atoms with Crippen molar-refractivity contribution >= 4 is 21.4 Å². The van der Waals surface area contributed by atoms with E-state index in [1.54, 1.807) is 0 Å². The molecule has 8 heteroatoms. The summed E-state index contributed by atoms with van der Waals surface area (Å²) in [6.45, 7) is 0. The molecule has 1 aromatic rings. The van der Waals surface area contributed by atoms with Crippen LogP contribution in [0.4, 0.5) is 18.9 Å². The van der Waals surface area contributed by atoms with Crippen molar-refractivity contribution in [2.24, 2.45) is 5.92 Å². The maximum Gasteiger partial charge on any atom is 0.416 e. The Morgan fingerprint density at radius 1 is 1.24 bits per heavy atom. The molecular weight excluding hydrogens is 307 g/mol. The molecule has 1 heterocycles. The third-order valence-electron chi connectivity index (χ3n) is 3.30. The molecular formula is C13H14F3NO3S. The van der Waals surface area contributed by atoms with Gasteiger partial charge in [-0.05, 0) is 36.6 Å². The SMILES string of the molecule is O=C(CC1CCS(=O)(=O)C1)Nc1ccc(C(F)(F)F)cc1. The molecule has 1 aliphatic rings. The number of anilines is 1. The van der Waals surface area contributed by atoms with E-state index >= 15 is 0 Å². The fraction of sp³-hybridized carbons (Fsp3) is 0.462. The second kappa shape index (κ2) is 5.67. The Morgan fingerprint density at radius 2 is 1.86 bits per heavy atom. The second-order valence-corrected chi connectivity index (χ2v) is 7.33. The van der Waals surface area contributed by atoms with Crippen molar-refractivity contribution in [3.63, 3.8) is 0 Å². The number of hydrogen-bond acceptors (Lipinski definition) is 3. The van der Waals surface area contributed by atoms with Gasteiger partial charge in [0.25, 0.3) is 0 Å². The van der Waals surface area contributed by atoms with Gasteiger partial charge in [0.2, 0.25) is 5.91 Å². The van der Waals surface area contributed by atoms with E-state index < -0.39 is 27.5 Å². The predicted molar refractivity (Wildman–Crippen MR) is 71.5 cm³/mol. The zero-order valence-corrected chi connectivity index (χ0v) is 11.8. The summed E-state index contributed by atoms with van der Waals surface area (Å²) < 4.78 is 59.7. The number of nitrogens with one attached hydrogen (secondary N) is 1. The van der Waals surface area contributed by atoms with Gasteiger partial charge < -0.3 is 5.32 Å². The number of carbonyl (C=O) groups excluding carboxylic acids is 1. The standard InChI is InChI=1S/C13H14F3NO3S/c14-13(15,16)10-1-3-11(4-2-10)17-12(18)7-9-5-6-21(19,20)8-9/h1-4,9H,5-8H2,(H,17,18). The van der Waals surface area contributed by atoms with Crippen molar-refractivity contribution in [3.8, 4) is 0 Å². The molecule has 2 rings (SSSR count). The van der Waals surface area contributed by atoms with Crippen LogP contribution < -0.4 is 5.32 Å². The lowest BCUT2D eigenvalue weighted by molar-refractivity contribution is -0.137. The molecule has 1 aliphatic heterocycles. The van der Waals surface area contributed by atoms with Crippen molar-refractivity contribution in [3.05, 3.63) is 29.8 Å². The van der Waals surface area contributed by atoms with E-state index in [2.05, 4.69) is 5.32 Å². The van der Waals surface area contributed by atoms with Crippen LogP contribution in [0.15, 0.2) is 24.3 Å². The van der Waals surface area contributed by atoms with E-state index in [0.717, 1.165) is 12.1 Å². The van der Waals surface area contributed by atoms with Gasteiger partial charge in [0, 0.05) is 12.1 Å². The first-order chi connectivity index (χ1) is 9.66. The molecule has 1 saturated heterocycles. The van der Waals surface area contributed by atoms with Crippen LogP contribution in [-0.4, -0.2) is 25.8 Å². The number of amides is 1. The summed E-state index contributed by atoms with van der Waals surface area (Å²) in [5, 5.41) is 2.47. The average molecular weight is 321 g/mol. The molecule has 1 amide bonds. The van der Waals surface area contributed by atoms with E-state index in [-0.39, 0.29) is 29.5 Å². The third-order valence-corrected chi connectivity index (χ3v) is 5.13. The van der Waals surface area contributed by atoms with E-state index in [9.17, 15) is 26.4 Å². The average Bonchev–Trinajstić information content (AvgIpc) is 2.68. The quantitative estimate of drug-likeness (QED) is 0.930. The molecule has 4 nitrogen and oxygen atoms in total. The Labute approximate surface area is 120 Å². The van der Waals surface area contributed by atoms with Crippen LogP contribution >= 0.6 is 0 Å². The third kappa shape index (κ3) is 4.45.